The summed E-state index contributed by atoms with van der Waals surface area (Å²) in [6, 6.07) is 18.0. The first-order valence-corrected chi connectivity index (χ1v) is 9.36. The molecule has 2 atom stereocenters. The van der Waals surface area contributed by atoms with E-state index in [0.717, 1.165) is 6.42 Å². The summed E-state index contributed by atoms with van der Waals surface area (Å²) >= 11 is 0. The summed E-state index contributed by atoms with van der Waals surface area (Å²) in [6.45, 7) is 7.20. The second kappa shape index (κ2) is 11.4. The highest BCUT2D eigenvalue weighted by Gasteiger charge is 2.12. The highest BCUT2D eigenvalue weighted by Crippen LogP contribution is 2.14. The Kier molecular flexibility index (Phi) is 8.81. The number of nitrogens with one attached hydrogen (secondary N) is 1. The molecule has 2 aromatic carbocycles. The molecule has 2 unspecified atom stereocenters. The lowest BCUT2D eigenvalue weighted by molar-refractivity contribution is -0.0364. The summed E-state index contributed by atoms with van der Waals surface area (Å²) in [5.74, 6) is 0. The van der Waals surface area contributed by atoms with Gasteiger partial charge in [0.05, 0.1) is 19.3 Å². The molecule has 0 radical (unpaired) electrons. The molecule has 0 fully saturated rings. The molecule has 2 rings (SSSR count). The van der Waals surface area contributed by atoms with Crippen LogP contribution >= 0.6 is 0 Å². The fraction of sp³-hybridized carbons (Fsp3) is 0.409. The van der Waals surface area contributed by atoms with Crippen molar-refractivity contribution in [3.63, 3.8) is 0 Å². The highest BCUT2D eigenvalue weighted by atomic mass is 16.6. The summed E-state index contributed by atoms with van der Waals surface area (Å²) in [6.07, 6.45) is 0.00174. The van der Waals surface area contributed by atoms with E-state index in [1.54, 1.807) is 6.92 Å². The van der Waals surface area contributed by atoms with Crippen molar-refractivity contribution in [3.8, 4) is 0 Å². The van der Waals surface area contributed by atoms with Gasteiger partial charge in [0.1, 0.15) is 6.10 Å². The van der Waals surface area contributed by atoms with E-state index in [0.29, 0.717) is 25.5 Å². The normalized spacial score (nSPS) is 13.0. The van der Waals surface area contributed by atoms with Crippen LogP contribution in [0.25, 0.3) is 0 Å². The van der Waals surface area contributed by atoms with Crippen LogP contribution in [0.3, 0.4) is 0 Å². The minimum absolute atomic E-state index is 0.0313. The van der Waals surface area contributed by atoms with E-state index in [2.05, 4.69) is 17.4 Å². The van der Waals surface area contributed by atoms with E-state index in [9.17, 15) is 4.79 Å². The third kappa shape index (κ3) is 8.24. The first kappa shape index (κ1) is 20.9. The van der Waals surface area contributed by atoms with Crippen LogP contribution < -0.4 is 5.32 Å². The van der Waals surface area contributed by atoms with Crippen LogP contribution in [-0.2, 0) is 20.6 Å². The first-order valence-electron chi connectivity index (χ1n) is 9.36. The topological polar surface area (TPSA) is 56.8 Å². The van der Waals surface area contributed by atoms with Crippen molar-refractivity contribution < 1.29 is 19.0 Å². The fourth-order valence-electron chi connectivity index (χ4n) is 2.53. The Hall–Kier alpha value is -2.37. The monoisotopic (exact) mass is 371 g/mol. The summed E-state index contributed by atoms with van der Waals surface area (Å²) in [7, 11) is 0. The Labute approximate surface area is 161 Å². The zero-order chi connectivity index (χ0) is 19.5. The van der Waals surface area contributed by atoms with Gasteiger partial charge in [0.25, 0.3) is 0 Å². The van der Waals surface area contributed by atoms with Gasteiger partial charge < -0.3 is 14.2 Å². The molecule has 0 aliphatic carbocycles. The standard InChI is InChI=1S/C22H29NO4/c1-4-25-15-17(2)26-16-18(3)27-22(24)23-21-12-10-20(11-13-21)14-19-8-6-5-7-9-19/h5-13,17-18H,4,14-16H2,1-3H3,(H,23,24). The highest BCUT2D eigenvalue weighted by molar-refractivity contribution is 5.84. The van der Waals surface area contributed by atoms with Crippen LogP contribution in [-0.4, -0.2) is 38.1 Å². The van der Waals surface area contributed by atoms with Crippen LogP contribution in [0.1, 0.15) is 31.9 Å². The largest absolute Gasteiger partial charge is 0.444 e. The minimum atomic E-state index is -0.487. The molecule has 27 heavy (non-hydrogen) atoms. The molecule has 1 amide bonds. The second-order valence-corrected chi connectivity index (χ2v) is 6.50. The van der Waals surface area contributed by atoms with Crippen LogP contribution in [0.15, 0.2) is 54.6 Å². The van der Waals surface area contributed by atoms with Gasteiger partial charge >= 0.3 is 6.09 Å². The summed E-state index contributed by atoms with van der Waals surface area (Å²) < 4.78 is 16.2. The van der Waals surface area contributed by atoms with Crippen molar-refractivity contribution in [3.05, 3.63) is 65.7 Å². The van der Waals surface area contributed by atoms with E-state index in [4.69, 9.17) is 14.2 Å². The molecule has 1 N–H and O–H groups in total. The lowest BCUT2D eigenvalue weighted by Gasteiger charge is -2.18. The number of benzene rings is 2. The smallest absolute Gasteiger partial charge is 0.411 e. The molecule has 146 valence electrons. The van der Waals surface area contributed by atoms with E-state index in [1.807, 2.05) is 56.3 Å². The van der Waals surface area contributed by atoms with Crippen LogP contribution in [0.5, 0.6) is 0 Å². The molecule has 5 heteroatoms. The molecule has 0 saturated heterocycles. The molecule has 0 aromatic heterocycles. The van der Waals surface area contributed by atoms with Gasteiger partial charge in [-0.25, -0.2) is 4.79 Å². The van der Waals surface area contributed by atoms with Crippen molar-refractivity contribution in [1.82, 2.24) is 0 Å². The Morgan fingerprint density at radius 3 is 2.26 bits per heavy atom. The molecule has 0 aliphatic rings. The van der Waals surface area contributed by atoms with Crippen molar-refractivity contribution in [2.45, 2.75) is 39.4 Å². The molecule has 5 nitrogen and oxygen atoms in total. The fourth-order valence-corrected chi connectivity index (χ4v) is 2.53. The van der Waals surface area contributed by atoms with Gasteiger partial charge in [0, 0.05) is 12.3 Å². The van der Waals surface area contributed by atoms with Gasteiger partial charge in [-0.05, 0) is 50.5 Å². The Balaban J connectivity index is 1.73. The number of amides is 1. The summed E-state index contributed by atoms with van der Waals surface area (Å²) in [5.41, 5.74) is 3.14. The molecule has 0 aliphatic heterocycles. The lowest BCUT2D eigenvalue weighted by atomic mass is 10.1. The SMILES string of the molecule is CCOCC(C)OCC(C)OC(=O)Nc1ccc(Cc2ccccc2)cc1. The van der Waals surface area contributed by atoms with Crippen molar-refractivity contribution in [2.75, 3.05) is 25.1 Å². The molecule has 2 aromatic rings. The van der Waals surface area contributed by atoms with Gasteiger partial charge in [-0.15, -0.1) is 0 Å². The van der Waals surface area contributed by atoms with E-state index >= 15 is 0 Å². The van der Waals surface area contributed by atoms with Crippen LogP contribution in [0.2, 0.25) is 0 Å². The second-order valence-electron chi connectivity index (χ2n) is 6.50. The predicted octanol–water partition coefficient (Wildman–Crippen LogP) is 4.66. The summed E-state index contributed by atoms with van der Waals surface area (Å²) in [5, 5.41) is 2.74. The number of hydrogen-bond acceptors (Lipinski definition) is 4. The van der Waals surface area contributed by atoms with Gasteiger partial charge in [-0.2, -0.15) is 0 Å². The Morgan fingerprint density at radius 2 is 1.59 bits per heavy atom. The molecule has 0 bridgehead atoms. The minimum Gasteiger partial charge on any atom is -0.444 e. The van der Waals surface area contributed by atoms with Crippen molar-refractivity contribution >= 4 is 11.8 Å². The van der Waals surface area contributed by atoms with Crippen molar-refractivity contribution in [2.24, 2.45) is 0 Å². The Morgan fingerprint density at radius 1 is 0.926 bits per heavy atom. The number of rotatable bonds is 10. The number of carbonyl (C=O) groups is 1. The zero-order valence-electron chi connectivity index (χ0n) is 16.3. The number of ether oxygens (including phenoxy) is 3. The quantitative estimate of drug-likeness (QED) is 0.660. The number of hydrogen-bond donors (Lipinski definition) is 1. The zero-order valence-corrected chi connectivity index (χ0v) is 16.3. The molecule has 0 spiro atoms. The first-order chi connectivity index (χ1) is 13.1. The van der Waals surface area contributed by atoms with Gasteiger partial charge in [-0.1, -0.05) is 42.5 Å². The summed E-state index contributed by atoms with van der Waals surface area (Å²) in [4.78, 5) is 12.0. The average Bonchev–Trinajstić information content (AvgIpc) is 2.67. The van der Waals surface area contributed by atoms with E-state index in [1.165, 1.54) is 11.1 Å². The Bertz CT molecular complexity index is 672. The molecule has 0 saturated carbocycles. The lowest BCUT2D eigenvalue weighted by Crippen LogP contribution is -2.27. The predicted molar refractivity (Wildman–Crippen MR) is 107 cm³/mol. The number of carbonyl (C=O) groups excluding carboxylic acids is 1. The van der Waals surface area contributed by atoms with Gasteiger partial charge in [0.2, 0.25) is 0 Å². The molecule has 0 heterocycles. The maximum Gasteiger partial charge on any atom is 0.411 e. The average molecular weight is 371 g/mol. The van der Waals surface area contributed by atoms with E-state index < -0.39 is 6.09 Å². The van der Waals surface area contributed by atoms with E-state index in [-0.39, 0.29) is 12.2 Å². The molecular weight excluding hydrogens is 342 g/mol. The maximum atomic E-state index is 12.0. The molecular formula is C22H29NO4. The van der Waals surface area contributed by atoms with Gasteiger partial charge in [-0.3, -0.25) is 5.32 Å². The van der Waals surface area contributed by atoms with Crippen LogP contribution in [0, 0.1) is 0 Å². The third-order valence-electron chi connectivity index (χ3n) is 3.93. The van der Waals surface area contributed by atoms with Crippen molar-refractivity contribution in [1.29, 1.82) is 0 Å². The van der Waals surface area contributed by atoms with Gasteiger partial charge in [0.15, 0.2) is 0 Å². The maximum absolute atomic E-state index is 12.0. The van der Waals surface area contributed by atoms with Crippen LogP contribution in [0.4, 0.5) is 10.5 Å². The third-order valence-corrected chi connectivity index (χ3v) is 3.93. The number of anilines is 1.